The number of carbonyl (C=O) groups is 3. The van der Waals surface area contributed by atoms with E-state index in [2.05, 4.69) is 9.99 Å². The van der Waals surface area contributed by atoms with Gasteiger partial charge < -0.3 is 45.2 Å². The maximum absolute atomic E-state index is 14.2. The number of aromatic hydroxyl groups is 1. The Morgan fingerprint density at radius 3 is 2.51 bits per heavy atom. The van der Waals surface area contributed by atoms with Crippen molar-refractivity contribution in [1.82, 2.24) is 4.90 Å². The standard InChI is InChI=1S/C30H36N4O9/c1-33(2)19-10-17(20-7-6-15(43-20)13-32-42-5)25(37)24-16(19)8-14-9-18-27(34(3)4)29(40,12-22(31)36)11-21(35)30(18,41)28(39)23(14)26(24)38/h6-7,10,13-14,18,27,37,39-41H,8-9,11-12H2,1-5H3,(H2,31,36)/b32-13+/t14-,18-,27?,29?,30+/m0/s1. The summed E-state index contributed by atoms with van der Waals surface area (Å²) in [6.45, 7) is 0. The second kappa shape index (κ2) is 10.5. The van der Waals surface area contributed by atoms with Gasteiger partial charge in [0, 0.05) is 43.7 Å². The van der Waals surface area contributed by atoms with Gasteiger partial charge >= 0.3 is 0 Å². The first-order valence-electron chi connectivity index (χ1n) is 13.8. The molecule has 1 aromatic heterocycles. The van der Waals surface area contributed by atoms with Crippen LogP contribution >= 0.6 is 0 Å². The molecule has 2 aromatic rings. The fraction of sp³-hybridized carbons (Fsp3) is 0.467. The second-order valence-electron chi connectivity index (χ2n) is 12.0. The fourth-order valence-electron chi connectivity index (χ4n) is 7.33. The van der Waals surface area contributed by atoms with Crippen LogP contribution in [-0.4, -0.2) is 102 Å². The number of hydrogen-bond acceptors (Lipinski definition) is 12. The van der Waals surface area contributed by atoms with E-state index in [0.29, 0.717) is 17.0 Å². The average molecular weight is 597 g/mol. The molecule has 5 atom stereocenters. The molecule has 1 fully saturated rings. The normalized spacial score (nSPS) is 28.6. The van der Waals surface area contributed by atoms with E-state index in [1.165, 1.54) is 13.3 Å². The number of ketones is 2. The number of oxime groups is 1. The van der Waals surface area contributed by atoms with Crippen molar-refractivity contribution < 1.29 is 44.1 Å². The Morgan fingerprint density at radius 1 is 1.21 bits per heavy atom. The zero-order valence-corrected chi connectivity index (χ0v) is 24.6. The lowest BCUT2D eigenvalue weighted by atomic mass is 9.55. The average Bonchev–Trinajstić information content (AvgIpc) is 3.37. The zero-order valence-electron chi connectivity index (χ0n) is 24.6. The Hall–Kier alpha value is -4.20. The Bertz CT molecular complexity index is 1580. The minimum absolute atomic E-state index is 0.0342. The van der Waals surface area contributed by atoms with Crippen molar-refractivity contribution in [3.05, 3.63) is 46.4 Å². The van der Waals surface area contributed by atoms with Crippen molar-refractivity contribution in [3.8, 4) is 17.1 Å². The number of nitrogens with zero attached hydrogens (tertiary/aromatic N) is 3. The summed E-state index contributed by atoms with van der Waals surface area (Å²) in [4.78, 5) is 47.7. The number of rotatable bonds is 7. The number of fused-ring (bicyclic) bond motifs is 3. The summed E-state index contributed by atoms with van der Waals surface area (Å²) in [6.07, 6.45) is 0.376. The van der Waals surface area contributed by atoms with E-state index in [4.69, 9.17) is 10.2 Å². The first-order chi connectivity index (χ1) is 20.1. The number of hydrogen-bond donors (Lipinski definition) is 5. The van der Waals surface area contributed by atoms with Crippen LogP contribution in [0.5, 0.6) is 5.75 Å². The Labute approximate surface area is 247 Å². The first-order valence-corrected chi connectivity index (χ1v) is 13.8. The van der Waals surface area contributed by atoms with Crippen LogP contribution in [0.3, 0.4) is 0 Å². The molecule has 0 aliphatic heterocycles. The summed E-state index contributed by atoms with van der Waals surface area (Å²) in [5.41, 5.74) is 2.16. The van der Waals surface area contributed by atoms with Crippen LogP contribution in [0, 0.1) is 11.8 Å². The van der Waals surface area contributed by atoms with Crippen LogP contribution in [0.25, 0.3) is 11.3 Å². The van der Waals surface area contributed by atoms with Gasteiger partial charge in [-0.3, -0.25) is 14.4 Å². The van der Waals surface area contributed by atoms with Crippen molar-refractivity contribution >= 4 is 29.4 Å². The SMILES string of the molecule is CO/N=C/c1ccc(-c2cc(N(C)C)c3c(c2O)C(=O)C2=C(O)[C@]4(O)C(=O)CC(O)(CC(N)=O)C(N(C)C)[C@@H]4C[C@@H]2C3)o1. The summed E-state index contributed by atoms with van der Waals surface area (Å²) < 4.78 is 5.80. The molecule has 6 N–H and O–H groups in total. The predicted octanol–water partition coefficient (Wildman–Crippen LogP) is 1.13. The van der Waals surface area contributed by atoms with E-state index in [0.717, 1.165) is 0 Å². The molecule has 2 unspecified atom stereocenters. The van der Waals surface area contributed by atoms with Gasteiger partial charge in [-0.05, 0) is 56.6 Å². The van der Waals surface area contributed by atoms with Gasteiger partial charge in [0.25, 0.3) is 0 Å². The molecule has 43 heavy (non-hydrogen) atoms. The minimum Gasteiger partial charge on any atom is -0.508 e. The number of Topliss-reactive ketones (excluding diaryl/α,β-unsaturated/α-hetero) is 2. The molecule has 3 aliphatic rings. The molecule has 0 radical (unpaired) electrons. The third-order valence-electron chi connectivity index (χ3n) is 8.93. The minimum atomic E-state index is -2.49. The molecule has 1 amide bonds. The van der Waals surface area contributed by atoms with Gasteiger partial charge in [-0.1, -0.05) is 5.16 Å². The first kappa shape index (κ1) is 30.3. The summed E-state index contributed by atoms with van der Waals surface area (Å²) in [5.74, 6) is -4.77. The molecule has 13 nitrogen and oxygen atoms in total. The Morgan fingerprint density at radius 2 is 1.91 bits per heavy atom. The van der Waals surface area contributed by atoms with E-state index in [-0.39, 0.29) is 41.1 Å². The number of allylic oxidation sites excluding steroid dienone is 1. The molecule has 1 aromatic carbocycles. The highest BCUT2D eigenvalue weighted by Crippen LogP contribution is 2.55. The maximum Gasteiger partial charge on any atom is 0.220 e. The number of phenolic OH excluding ortho intramolecular Hbond substituents is 1. The number of aliphatic hydroxyl groups is 3. The predicted molar refractivity (Wildman–Crippen MR) is 155 cm³/mol. The number of furan rings is 1. The Balaban J connectivity index is 1.67. The molecule has 1 saturated carbocycles. The van der Waals surface area contributed by atoms with Gasteiger partial charge in [-0.2, -0.15) is 0 Å². The fourth-order valence-corrected chi connectivity index (χ4v) is 7.33. The van der Waals surface area contributed by atoms with E-state index >= 15 is 0 Å². The lowest BCUT2D eigenvalue weighted by Gasteiger charge is -2.56. The smallest absolute Gasteiger partial charge is 0.220 e. The number of amides is 1. The van der Waals surface area contributed by atoms with E-state index in [1.807, 2.05) is 0 Å². The molecule has 3 aliphatic carbocycles. The number of benzene rings is 1. The molecule has 13 heteroatoms. The summed E-state index contributed by atoms with van der Waals surface area (Å²) >= 11 is 0. The summed E-state index contributed by atoms with van der Waals surface area (Å²) in [7, 11) is 8.22. The summed E-state index contributed by atoms with van der Waals surface area (Å²) in [6, 6.07) is 3.96. The number of phenols is 1. The maximum atomic E-state index is 14.2. The van der Waals surface area contributed by atoms with Crippen molar-refractivity contribution in [2.24, 2.45) is 22.7 Å². The van der Waals surface area contributed by atoms with Gasteiger partial charge in [0.1, 0.15) is 36.4 Å². The van der Waals surface area contributed by atoms with Crippen LogP contribution in [0.1, 0.15) is 40.9 Å². The Kier molecular flexibility index (Phi) is 7.39. The monoisotopic (exact) mass is 596 g/mol. The highest BCUT2D eigenvalue weighted by atomic mass is 16.6. The number of anilines is 1. The molecular weight excluding hydrogens is 560 g/mol. The van der Waals surface area contributed by atoms with Crippen molar-refractivity contribution in [3.63, 3.8) is 0 Å². The van der Waals surface area contributed by atoms with Gasteiger partial charge in [0.2, 0.25) is 5.91 Å². The van der Waals surface area contributed by atoms with E-state index < -0.39 is 65.2 Å². The number of nitrogens with two attached hydrogens (primary N) is 1. The molecule has 5 rings (SSSR count). The number of aliphatic hydroxyl groups excluding tert-OH is 1. The van der Waals surface area contributed by atoms with Gasteiger partial charge in [0.05, 0.1) is 23.1 Å². The quantitative estimate of drug-likeness (QED) is 0.227. The van der Waals surface area contributed by atoms with Crippen LogP contribution in [0.15, 0.2) is 39.1 Å². The molecule has 0 bridgehead atoms. The van der Waals surface area contributed by atoms with E-state index in [1.54, 1.807) is 56.2 Å². The largest absolute Gasteiger partial charge is 0.508 e. The molecular formula is C30H36N4O9. The lowest BCUT2D eigenvalue weighted by Crippen LogP contribution is -2.71. The van der Waals surface area contributed by atoms with Crippen LogP contribution in [0.2, 0.25) is 0 Å². The van der Waals surface area contributed by atoms with Crippen molar-refractivity contribution in [2.75, 3.05) is 40.2 Å². The molecule has 1 heterocycles. The van der Waals surface area contributed by atoms with E-state index in [9.17, 15) is 34.8 Å². The summed E-state index contributed by atoms with van der Waals surface area (Å²) in [5, 5.41) is 50.1. The highest BCUT2D eigenvalue weighted by Gasteiger charge is 2.66. The number of likely N-dealkylation sites (N-methyl/N-ethyl adjacent to an activating group) is 1. The molecule has 0 saturated heterocycles. The lowest BCUT2D eigenvalue weighted by molar-refractivity contribution is -0.185. The van der Waals surface area contributed by atoms with Crippen molar-refractivity contribution in [2.45, 2.75) is 42.9 Å². The van der Waals surface area contributed by atoms with Crippen LogP contribution < -0.4 is 10.6 Å². The third kappa shape index (κ3) is 4.58. The van der Waals surface area contributed by atoms with Gasteiger partial charge in [-0.25, -0.2) is 0 Å². The molecule has 230 valence electrons. The van der Waals surface area contributed by atoms with Gasteiger partial charge in [-0.15, -0.1) is 0 Å². The topological polar surface area (TPSA) is 199 Å². The van der Waals surface area contributed by atoms with Crippen LogP contribution in [0.4, 0.5) is 5.69 Å². The van der Waals surface area contributed by atoms with Crippen LogP contribution in [-0.2, 0) is 20.8 Å². The third-order valence-corrected chi connectivity index (χ3v) is 8.93. The highest BCUT2D eigenvalue weighted by molar-refractivity contribution is 6.16. The zero-order chi connectivity index (χ0) is 31.6. The second-order valence-corrected chi connectivity index (χ2v) is 12.0. The number of primary amides is 1. The molecule has 0 spiro atoms. The number of carbonyl (C=O) groups excluding carboxylic acids is 3. The van der Waals surface area contributed by atoms with Gasteiger partial charge in [0.15, 0.2) is 17.2 Å². The van der Waals surface area contributed by atoms with Crippen molar-refractivity contribution in [1.29, 1.82) is 0 Å².